The number of piperidine rings is 1. The lowest BCUT2D eigenvalue weighted by Gasteiger charge is -2.24. The van der Waals surface area contributed by atoms with Crippen molar-refractivity contribution in [3.05, 3.63) is 0 Å². The molecule has 0 bridgehead atoms. The van der Waals surface area contributed by atoms with Crippen molar-refractivity contribution in [2.45, 2.75) is 38.7 Å². The molecule has 94 valence electrons. The predicted molar refractivity (Wildman–Crippen MR) is 64.4 cm³/mol. The van der Waals surface area contributed by atoms with Crippen LogP contribution in [-0.4, -0.2) is 50.2 Å². The molecule has 1 N–H and O–H groups in total. The summed E-state index contributed by atoms with van der Waals surface area (Å²) in [5.74, 6) is 0.104. The van der Waals surface area contributed by atoms with Gasteiger partial charge in [0.15, 0.2) is 0 Å². The van der Waals surface area contributed by atoms with E-state index in [9.17, 15) is 4.79 Å². The van der Waals surface area contributed by atoms with Gasteiger partial charge in [-0.15, -0.1) is 0 Å². The second-order valence-electron chi connectivity index (χ2n) is 4.43. The zero-order valence-corrected chi connectivity index (χ0v) is 10.5. The fourth-order valence-electron chi connectivity index (χ4n) is 1.78. The first-order chi connectivity index (χ1) is 7.74. The first-order valence-corrected chi connectivity index (χ1v) is 6.30. The third kappa shape index (κ3) is 4.94. The Hall–Kier alpha value is -0.610. The molecular weight excluding hydrogens is 204 g/mol. The second kappa shape index (κ2) is 7.63. The molecule has 0 aliphatic carbocycles. The Morgan fingerprint density at radius 1 is 1.44 bits per heavy atom. The molecule has 0 atom stereocenters. The Kier molecular flexibility index (Phi) is 6.42. The van der Waals surface area contributed by atoms with E-state index in [0.29, 0.717) is 0 Å². The van der Waals surface area contributed by atoms with Gasteiger partial charge >= 0.3 is 0 Å². The standard InChI is InChI=1S/C12H24N2O2/c1-3-4-9-14(2)12(15)10-16-11-5-7-13-8-6-11/h11,13H,3-10H2,1-2H3. The van der Waals surface area contributed by atoms with Gasteiger partial charge in [-0.05, 0) is 32.4 Å². The largest absolute Gasteiger partial charge is 0.368 e. The summed E-state index contributed by atoms with van der Waals surface area (Å²) in [5, 5.41) is 3.28. The van der Waals surface area contributed by atoms with E-state index in [2.05, 4.69) is 12.2 Å². The van der Waals surface area contributed by atoms with Crippen LogP contribution in [0.4, 0.5) is 0 Å². The number of nitrogens with zero attached hydrogens (tertiary/aromatic N) is 1. The van der Waals surface area contributed by atoms with Crippen molar-refractivity contribution >= 4 is 5.91 Å². The monoisotopic (exact) mass is 228 g/mol. The van der Waals surface area contributed by atoms with Crippen molar-refractivity contribution in [3.63, 3.8) is 0 Å². The maximum Gasteiger partial charge on any atom is 0.248 e. The van der Waals surface area contributed by atoms with Gasteiger partial charge in [-0.25, -0.2) is 0 Å². The van der Waals surface area contributed by atoms with Crippen LogP contribution in [0.2, 0.25) is 0 Å². The van der Waals surface area contributed by atoms with E-state index in [4.69, 9.17) is 4.74 Å². The molecular formula is C12H24N2O2. The second-order valence-corrected chi connectivity index (χ2v) is 4.43. The number of rotatable bonds is 6. The van der Waals surface area contributed by atoms with Crippen LogP contribution in [0.5, 0.6) is 0 Å². The minimum absolute atomic E-state index is 0.104. The Bertz CT molecular complexity index is 203. The summed E-state index contributed by atoms with van der Waals surface area (Å²) < 4.78 is 5.61. The van der Waals surface area contributed by atoms with E-state index in [-0.39, 0.29) is 18.6 Å². The van der Waals surface area contributed by atoms with E-state index >= 15 is 0 Å². The topological polar surface area (TPSA) is 41.6 Å². The molecule has 4 heteroatoms. The summed E-state index contributed by atoms with van der Waals surface area (Å²) in [6, 6.07) is 0. The average molecular weight is 228 g/mol. The van der Waals surface area contributed by atoms with Gasteiger partial charge in [0.2, 0.25) is 5.91 Å². The van der Waals surface area contributed by atoms with Crippen LogP contribution in [0.15, 0.2) is 0 Å². The molecule has 1 aliphatic heterocycles. The summed E-state index contributed by atoms with van der Waals surface area (Å²) in [7, 11) is 1.85. The van der Waals surface area contributed by atoms with Crippen LogP contribution < -0.4 is 5.32 Å². The summed E-state index contributed by atoms with van der Waals surface area (Å²) in [6.07, 6.45) is 4.49. The van der Waals surface area contributed by atoms with Gasteiger partial charge in [-0.3, -0.25) is 4.79 Å². The normalized spacial score (nSPS) is 17.4. The summed E-state index contributed by atoms with van der Waals surface area (Å²) in [5.41, 5.74) is 0. The van der Waals surface area contributed by atoms with E-state index in [1.807, 2.05) is 7.05 Å². The molecule has 16 heavy (non-hydrogen) atoms. The molecule has 0 aromatic heterocycles. The zero-order chi connectivity index (χ0) is 11.8. The minimum Gasteiger partial charge on any atom is -0.368 e. The van der Waals surface area contributed by atoms with Gasteiger partial charge in [0.1, 0.15) is 6.61 Å². The van der Waals surface area contributed by atoms with Gasteiger partial charge in [0.05, 0.1) is 6.10 Å². The van der Waals surface area contributed by atoms with E-state index in [0.717, 1.165) is 45.3 Å². The lowest BCUT2D eigenvalue weighted by molar-refractivity contribution is -0.137. The maximum absolute atomic E-state index is 11.7. The third-order valence-corrected chi connectivity index (χ3v) is 3.00. The van der Waals surface area contributed by atoms with Gasteiger partial charge in [-0.2, -0.15) is 0 Å². The van der Waals surface area contributed by atoms with Crippen LogP contribution in [0.25, 0.3) is 0 Å². The highest BCUT2D eigenvalue weighted by atomic mass is 16.5. The summed E-state index contributed by atoms with van der Waals surface area (Å²) >= 11 is 0. The van der Waals surface area contributed by atoms with Crippen LogP contribution in [0, 0.1) is 0 Å². The fourth-order valence-corrected chi connectivity index (χ4v) is 1.78. The van der Waals surface area contributed by atoms with E-state index in [1.54, 1.807) is 4.90 Å². The number of carbonyl (C=O) groups is 1. The van der Waals surface area contributed by atoms with Gasteiger partial charge in [0.25, 0.3) is 0 Å². The van der Waals surface area contributed by atoms with Gasteiger partial charge in [0, 0.05) is 13.6 Å². The molecule has 0 aromatic carbocycles. The molecule has 0 unspecified atom stereocenters. The van der Waals surface area contributed by atoms with Crippen LogP contribution in [-0.2, 0) is 9.53 Å². The number of amides is 1. The smallest absolute Gasteiger partial charge is 0.248 e. The van der Waals surface area contributed by atoms with E-state index in [1.165, 1.54) is 0 Å². The Morgan fingerprint density at radius 2 is 2.12 bits per heavy atom. The number of carbonyl (C=O) groups excluding carboxylic acids is 1. The SMILES string of the molecule is CCCCN(C)C(=O)COC1CCNCC1. The van der Waals surface area contributed by atoms with Gasteiger partial charge < -0.3 is 15.0 Å². The molecule has 1 aliphatic rings. The first-order valence-electron chi connectivity index (χ1n) is 6.30. The van der Waals surface area contributed by atoms with Gasteiger partial charge in [-0.1, -0.05) is 13.3 Å². The van der Waals surface area contributed by atoms with Crippen LogP contribution >= 0.6 is 0 Å². The first kappa shape index (κ1) is 13.5. The highest BCUT2D eigenvalue weighted by Crippen LogP contribution is 2.07. The molecule has 4 nitrogen and oxygen atoms in total. The maximum atomic E-state index is 11.7. The average Bonchev–Trinajstić information content (AvgIpc) is 2.34. The lowest BCUT2D eigenvalue weighted by atomic mass is 10.1. The van der Waals surface area contributed by atoms with Crippen LogP contribution in [0.1, 0.15) is 32.6 Å². The molecule has 0 aromatic rings. The van der Waals surface area contributed by atoms with Crippen LogP contribution in [0.3, 0.4) is 0 Å². The molecule has 1 fully saturated rings. The molecule has 0 radical (unpaired) electrons. The number of hydrogen-bond acceptors (Lipinski definition) is 3. The van der Waals surface area contributed by atoms with Crippen molar-refractivity contribution in [2.24, 2.45) is 0 Å². The van der Waals surface area contributed by atoms with Crippen molar-refractivity contribution in [2.75, 3.05) is 33.3 Å². The van der Waals surface area contributed by atoms with Crippen molar-refractivity contribution < 1.29 is 9.53 Å². The number of likely N-dealkylation sites (N-methyl/N-ethyl adjacent to an activating group) is 1. The predicted octanol–water partition coefficient (Wildman–Crippen LogP) is 1.01. The number of nitrogens with one attached hydrogen (secondary N) is 1. The highest BCUT2D eigenvalue weighted by molar-refractivity contribution is 5.77. The van der Waals surface area contributed by atoms with E-state index < -0.39 is 0 Å². The third-order valence-electron chi connectivity index (χ3n) is 3.00. The number of unbranched alkanes of at least 4 members (excludes halogenated alkanes) is 1. The summed E-state index contributed by atoms with van der Waals surface area (Å²) in [4.78, 5) is 13.4. The Morgan fingerprint density at radius 3 is 2.75 bits per heavy atom. The number of hydrogen-bond donors (Lipinski definition) is 1. The van der Waals surface area contributed by atoms with Crippen molar-refractivity contribution in [1.82, 2.24) is 10.2 Å². The Balaban J connectivity index is 2.12. The molecule has 0 spiro atoms. The number of ether oxygens (including phenoxy) is 1. The quantitative estimate of drug-likeness (QED) is 0.738. The molecule has 0 saturated carbocycles. The minimum atomic E-state index is 0.104. The molecule has 1 heterocycles. The molecule has 1 saturated heterocycles. The Labute approximate surface area is 98.3 Å². The zero-order valence-electron chi connectivity index (χ0n) is 10.5. The lowest BCUT2D eigenvalue weighted by Crippen LogP contribution is -2.36. The highest BCUT2D eigenvalue weighted by Gasteiger charge is 2.16. The molecule has 1 amide bonds. The molecule has 1 rings (SSSR count). The fraction of sp³-hybridized carbons (Fsp3) is 0.917. The van der Waals surface area contributed by atoms with Crippen molar-refractivity contribution in [1.29, 1.82) is 0 Å². The van der Waals surface area contributed by atoms with Crippen molar-refractivity contribution in [3.8, 4) is 0 Å². The summed E-state index contributed by atoms with van der Waals surface area (Å²) in [6.45, 7) is 5.22.